The predicted molar refractivity (Wildman–Crippen MR) is 52.1 cm³/mol. The first-order chi connectivity index (χ1) is 6.54. The molecule has 0 spiro atoms. The van der Waals surface area contributed by atoms with Crippen LogP contribution in [0.2, 0.25) is 0 Å². The van der Waals surface area contributed by atoms with Crippen LogP contribution < -0.4 is 0 Å². The van der Waals surface area contributed by atoms with Gasteiger partial charge in [0, 0.05) is 12.0 Å². The number of hydrogen-bond donors (Lipinski definition) is 2. The van der Waals surface area contributed by atoms with Crippen LogP contribution in [0.15, 0.2) is 11.6 Å². The summed E-state index contributed by atoms with van der Waals surface area (Å²) in [4.78, 5) is 20.5. The zero-order valence-corrected chi connectivity index (χ0v) is 8.32. The normalized spacial score (nSPS) is 11.4. The molecule has 0 aromatic rings. The van der Waals surface area contributed by atoms with Crippen molar-refractivity contribution < 1.29 is 19.8 Å². The minimum absolute atomic E-state index is 0.196. The molecule has 0 saturated heterocycles. The Hall–Kier alpha value is -1.32. The van der Waals surface area contributed by atoms with Crippen LogP contribution in [-0.2, 0) is 9.59 Å². The average molecular weight is 200 g/mol. The summed E-state index contributed by atoms with van der Waals surface area (Å²) in [7, 11) is 0. The first-order valence-electron chi connectivity index (χ1n) is 4.66. The van der Waals surface area contributed by atoms with Gasteiger partial charge in [-0.15, -0.1) is 0 Å². The molecular formula is C10H16O4. The Labute approximate surface area is 83.2 Å². The molecule has 4 nitrogen and oxygen atoms in total. The van der Waals surface area contributed by atoms with Crippen molar-refractivity contribution in [1.82, 2.24) is 0 Å². The predicted octanol–water partition coefficient (Wildman–Crippen LogP) is 2.05. The third kappa shape index (κ3) is 7.34. The average Bonchev–Trinajstić information content (AvgIpc) is 2.09. The number of carboxylic acids is 2. The Bertz CT molecular complexity index is 230. The maximum Gasteiger partial charge on any atom is 0.330 e. The summed E-state index contributed by atoms with van der Waals surface area (Å²) in [6.07, 6.45) is 4.91. The monoisotopic (exact) mass is 200 g/mol. The molecule has 14 heavy (non-hydrogen) atoms. The quantitative estimate of drug-likeness (QED) is 0.487. The Kier molecular flexibility index (Phi) is 6.45. The first kappa shape index (κ1) is 12.7. The second-order valence-corrected chi connectivity index (χ2v) is 3.19. The van der Waals surface area contributed by atoms with E-state index >= 15 is 0 Å². The Morgan fingerprint density at radius 1 is 1.14 bits per heavy atom. The molecule has 0 rings (SSSR count). The molecule has 0 radical (unpaired) electrons. The van der Waals surface area contributed by atoms with Gasteiger partial charge in [-0.05, 0) is 26.2 Å². The van der Waals surface area contributed by atoms with E-state index < -0.39 is 11.9 Å². The molecule has 0 atom stereocenters. The first-order valence-corrected chi connectivity index (χ1v) is 4.66. The van der Waals surface area contributed by atoms with Crippen LogP contribution in [0.1, 0.15) is 39.0 Å². The summed E-state index contributed by atoms with van der Waals surface area (Å²) >= 11 is 0. The van der Waals surface area contributed by atoms with Gasteiger partial charge >= 0.3 is 11.9 Å². The van der Waals surface area contributed by atoms with Crippen molar-refractivity contribution in [2.75, 3.05) is 0 Å². The number of rotatable bonds is 7. The van der Waals surface area contributed by atoms with E-state index in [9.17, 15) is 9.59 Å². The zero-order valence-electron chi connectivity index (χ0n) is 8.32. The number of aliphatic carboxylic acids is 2. The van der Waals surface area contributed by atoms with Crippen molar-refractivity contribution in [2.24, 2.45) is 0 Å². The van der Waals surface area contributed by atoms with Gasteiger partial charge in [-0.1, -0.05) is 12.5 Å². The topological polar surface area (TPSA) is 74.6 Å². The molecule has 0 fully saturated rings. The maximum atomic E-state index is 10.4. The molecule has 0 aliphatic rings. The van der Waals surface area contributed by atoms with Gasteiger partial charge in [-0.2, -0.15) is 0 Å². The maximum absolute atomic E-state index is 10.4. The van der Waals surface area contributed by atoms with Crippen molar-refractivity contribution in [3.63, 3.8) is 0 Å². The molecule has 80 valence electrons. The SMILES string of the molecule is CC(=CCCCCCC(=O)O)C(=O)O. The molecule has 4 heteroatoms. The van der Waals surface area contributed by atoms with E-state index in [1.165, 1.54) is 0 Å². The summed E-state index contributed by atoms with van der Waals surface area (Å²) in [6, 6.07) is 0. The summed E-state index contributed by atoms with van der Waals surface area (Å²) < 4.78 is 0. The van der Waals surface area contributed by atoms with Crippen molar-refractivity contribution >= 4 is 11.9 Å². The molecule has 0 aromatic carbocycles. The second-order valence-electron chi connectivity index (χ2n) is 3.19. The van der Waals surface area contributed by atoms with E-state index in [2.05, 4.69) is 0 Å². The summed E-state index contributed by atoms with van der Waals surface area (Å²) in [5.74, 6) is -1.67. The van der Waals surface area contributed by atoms with E-state index in [0.717, 1.165) is 12.8 Å². The molecule has 0 unspecified atom stereocenters. The van der Waals surface area contributed by atoms with E-state index in [0.29, 0.717) is 18.4 Å². The van der Waals surface area contributed by atoms with Gasteiger partial charge < -0.3 is 10.2 Å². The Morgan fingerprint density at radius 2 is 1.79 bits per heavy atom. The third-order valence-corrected chi connectivity index (χ3v) is 1.88. The molecular weight excluding hydrogens is 184 g/mol. The fourth-order valence-electron chi connectivity index (χ4n) is 1.00. The molecule has 0 aromatic heterocycles. The smallest absolute Gasteiger partial charge is 0.330 e. The fourth-order valence-corrected chi connectivity index (χ4v) is 1.00. The van der Waals surface area contributed by atoms with E-state index in [-0.39, 0.29) is 6.42 Å². The highest BCUT2D eigenvalue weighted by molar-refractivity contribution is 5.85. The van der Waals surface area contributed by atoms with E-state index in [4.69, 9.17) is 10.2 Å². The molecule has 0 heterocycles. The molecule has 0 amide bonds. The lowest BCUT2D eigenvalue weighted by molar-refractivity contribution is -0.137. The second kappa shape index (κ2) is 7.12. The van der Waals surface area contributed by atoms with Crippen LogP contribution in [0.5, 0.6) is 0 Å². The lowest BCUT2D eigenvalue weighted by Gasteiger charge is -1.96. The molecule has 0 saturated carbocycles. The van der Waals surface area contributed by atoms with Crippen LogP contribution in [0.3, 0.4) is 0 Å². The molecule has 0 bridgehead atoms. The van der Waals surface area contributed by atoms with Crippen LogP contribution in [-0.4, -0.2) is 22.2 Å². The van der Waals surface area contributed by atoms with Crippen LogP contribution in [0, 0.1) is 0 Å². The highest BCUT2D eigenvalue weighted by Gasteiger charge is 1.98. The van der Waals surface area contributed by atoms with Gasteiger partial charge in [0.2, 0.25) is 0 Å². The summed E-state index contributed by atoms with van der Waals surface area (Å²) in [5.41, 5.74) is 0.350. The zero-order chi connectivity index (χ0) is 11.0. The van der Waals surface area contributed by atoms with Crippen LogP contribution in [0.4, 0.5) is 0 Å². The summed E-state index contributed by atoms with van der Waals surface area (Å²) in [6.45, 7) is 1.56. The van der Waals surface area contributed by atoms with Gasteiger partial charge in [0.1, 0.15) is 0 Å². The number of hydrogen-bond acceptors (Lipinski definition) is 2. The fraction of sp³-hybridized carbons (Fsp3) is 0.600. The lowest BCUT2D eigenvalue weighted by Crippen LogP contribution is -1.96. The third-order valence-electron chi connectivity index (χ3n) is 1.88. The van der Waals surface area contributed by atoms with Gasteiger partial charge in [0.05, 0.1) is 0 Å². The van der Waals surface area contributed by atoms with E-state index in [1.807, 2.05) is 0 Å². The van der Waals surface area contributed by atoms with Crippen LogP contribution in [0.25, 0.3) is 0 Å². The highest BCUT2D eigenvalue weighted by Crippen LogP contribution is 2.05. The Morgan fingerprint density at radius 3 is 2.29 bits per heavy atom. The van der Waals surface area contributed by atoms with E-state index in [1.54, 1.807) is 13.0 Å². The van der Waals surface area contributed by atoms with Gasteiger partial charge in [-0.3, -0.25) is 4.79 Å². The van der Waals surface area contributed by atoms with Gasteiger partial charge in [0.25, 0.3) is 0 Å². The van der Waals surface area contributed by atoms with Crippen LogP contribution >= 0.6 is 0 Å². The molecule has 0 aliphatic heterocycles. The van der Waals surface area contributed by atoms with Gasteiger partial charge in [0.15, 0.2) is 0 Å². The summed E-state index contributed by atoms with van der Waals surface area (Å²) in [5, 5.41) is 16.9. The standard InChI is InChI=1S/C10H16O4/c1-8(10(13)14)6-4-2-3-5-7-9(11)12/h6H,2-5,7H2,1H3,(H,11,12)(H,13,14). The van der Waals surface area contributed by atoms with Crippen molar-refractivity contribution in [1.29, 1.82) is 0 Å². The van der Waals surface area contributed by atoms with Crippen molar-refractivity contribution in [3.8, 4) is 0 Å². The molecule has 2 N–H and O–H groups in total. The number of unbranched alkanes of at least 4 members (excludes halogenated alkanes) is 3. The number of carboxylic acid groups (broad SMARTS) is 2. The minimum Gasteiger partial charge on any atom is -0.481 e. The van der Waals surface area contributed by atoms with Crippen molar-refractivity contribution in [3.05, 3.63) is 11.6 Å². The Balaban J connectivity index is 3.42. The largest absolute Gasteiger partial charge is 0.481 e. The minimum atomic E-state index is -0.893. The van der Waals surface area contributed by atoms with Crippen molar-refractivity contribution in [2.45, 2.75) is 39.0 Å². The number of carbonyl (C=O) groups is 2. The lowest BCUT2D eigenvalue weighted by atomic mass is 10.1. The van der Waals surface area contributed by atoms with Gasteiger partial charge in [-0.25, -0.2) is 4.79 Å². The number of allylic oxidation sites excluding steroid dienone is 1. The molecule has 0 aliphatic carbocycles. The highest BCUT2D eigenvalue weighted by atomic mass is 16.4.